The standard InChI is InChI=1S/C19H21ClN2O5/c1-11-4-2-3-5-14(11)21-19(25)22-17(23)10-26-18(24)16-9-12-8-13(20)6-7-15(12)27-16/h6-9,11,14H,2-5,10H2,1H3,(H2,21,22,23,25). The lowest BCUT2D eigenvalue weighted by Crippen LogP contribution is -2.48. The minimum Gasteiger partial charge on any atom is -0.450 e. The van der Waals surface area contributed by atoms with Crippen LogP contribution in [0.1, 0.15) is 43.2 Å². The molecule has 0 bridgehead atoms. The maximum Gasteiger partial charge on any atom is 0.374 e. The Morgan fingerprint density at radius 2 is 2.00 bits per heavy atom. The molecule has 27 heavy (non-hydrogen) atoms. The highest BCUT2D eigenvalue weighted by molar-refractivity contribution is 6.31. The average molecular weight is 393 g/mol. The fourth-order valence-electron chi connectivity index (χ4n) is 3.21. The van der Waals surface area contributed by atoms with Crippen LogP contribution in [0.4, 0.5) is 4.79 Å². The normalized spacial score (nSPS) is 19.5. The maximum absolute atomic E-state index is 12.0. The summed E-state index contributed by atoms with van der Waals surface area (Å²) in [5.74, 6) is -1.16. The van der Waals surface area contributed by atoms with E-state index < -0.39 is 24.5 Å². The number of rotatable bonds is 4. The molecule has 0 saturated heterocycles. The van der Waals surface area contributed by atoms with Crippen molar-refractivity contribution in [1.82, 2.24) is 10.6 Å². The lowest BCUT2D eigenvalue weighted by atomic mass is 9.86. The van der Waals surface area contributed by atoms with E-state index in [0.717, 1.165) is 25.7 Å². The van der Waals surface area contributed by atoms with Crippen molar-refractivity contribution >= 4 is 40.5 Å². The van der Waals surface area contributed by atoms with Gasteiger partial charge >= 0.3 is 12.0 Å². The van der Waals surface area contributed by atoms with Gasteiger partial charge in [-0.05, 0) is 43.0 Å². The van der Waals surface area contributed by atoms with E-state index in [2.05, 4.69) is 17.6 Å². The van der Waals surface area contributed by atoms with Crippen molar-refractivity contribution in [2.24, 2.45) is 5.92 Å². The number of hydrogen-bond acceptors (Lipinski definition) is 5. The number of urea groups is 1. The van der Waals surface area contributed by atoms with Gasteiger partial charge in [-0.15, -0.1) is 0 Å². The summed E-state index contributed by atoms with van der Waals surface area (Å²) in [6.07, 6.45) is 4.17. The van der Waals surface area contributed by atoms with Crippen molar-refractivity contribution in [3.63, 3.8) is 0 Å². The van der Waals surface area contributed by atoms with Crippen LogP contribution in [-0.4, -0.2) is 30.6 Å². The molecule has 3 amide bonds. The Balaban J connectivity index is 1.47. The smallest absolute Gasteiger partial charge is 0.374 e. The number of fused-ring (bicyclic) bond motifs is 1. The summed E-state index contributed by atoms with van der Waals surface area (Å²) in [5.41, 5.74) is 0.483. The number of ether oxygens (including phenoxy) is 1. The van der Waals surface area contributed by atoms with Gasteiger partial charge in [0.15, 0.2) is 6.61 Å². The van der Waals surface area contributed by atoms with Crippen molar-refractivity contribution in [3.8, 4) is 0 Å². The van der Waals surface area contributed by atoms with Gasteiger partial charge < -0.3 is 14.5 Å². The van der Waals surface area contributed by atoms with Crippen molar-refractivity contribution in [2.75, 3.05) is 6.61 Å². The van der Waals surface area contributed by atoms with Crippen molar-refractivity contribution in [2.45, 2.75) is 38.6 Å². The number of amides is 3. The van der Waals surface area contributed by atoms with E-state index in [9.17, 15) is 14.4 Å². The zero-order chi connectivity index (χ0) is 19.4. The lowest BCUT2D eigenvalue weighted by molar-refractivity contribution is -0.123. The molecule has 1 fully saturated rings. The van der Waals surface area contributed by atoms with Gasteiger partial charge in [0.25, 0.3) is 5.91 Å². The molecule has 2 atom stereocenters. The van der Waals surface area contributed by atoms with Gasteiger partial charge in [-0.1, -0.05) is 31.4 Å². The first-order chi connectivity index (χ1) is 12.9. The van der Waals surface area contributed by atoms with E-state index in [1.807, 2.05) is 0 Å². The zero-order valence-electron chi connectivity index (χ0n) is 14.9. The first-order valence-corrected chi connectivity index (χ1v) is 9.27. The summed E-state index contributed by atoms with van der Waals surface area (Å²) in [6.45, 7) is 1.50. The van der Waals surface area contributed by atoms with Crippen LogP contribution < -0.4 is 10.6 Å². The predicted molar refractivity (Wildman–Crippen MR) is 99.6 cm³/mol. The first-order valence-electron chi connectivity index (χ1n) is 8.89. The molecule has 1 aromatic heterocycles. The molecule has 8 heteroatoms. The number of halogens is 1. The van der Waals surface area contributed by atoms with E-state index in [1.165, 1.54) is 6.07 Å². The Kier molecular flexibility index (Phi) is 6.01. The van der Waals surface area contributed by atoms with Crippen LogP contribution in [-0.2, 0) is 9.53 Å². The molecule has 0 aliphatic heterocycles. The van der Waals surface area contributed by atoms with Crippen LogP contribution in [0.15, 0.2) is 28.7 Å². The van der Waals surface area contributed by atoms with E-state index in [1.54, 1.807) is 18.2 Å². The lowest BCUT2D eigenvalue weighted by Gasteiger charge is -2.29. The summed E-state index contributed by atoms with van der Waals surface area (Å²) in [5, 5.41) is 6.14. The quantitative estimate of drug-likeness (QED) is 0.774. The molecule has 0 spiro atoms. The number of esters is 1. The summed E-state index contributed by atoms with van der Waals surface area (Å²) in [7, 11) is 0. The highest BCUT2D eigenvalue weighted by Crippen LogP contribution is 2.24. The van der Waals surface area contributed by atoms with Crippen molar-refractivity contribution < 1.29 is 23.5 Å². The molecule has 2 unspecified atom stereocenters. The molecule has 1 aliphatic carbocycles. The zero-order valence-corrected chi connectivity index (χ0v) is 15.7. The van der Waals surface area contributed by atoms with Crippen LogP contribution in [0.25, 0.3) is 11.0 Å². The Bertz CT molecular complexity index is 863. The maximum atomic E-state index is 12.0. The molecule has 2 aromatic rings. The monoisotopic (exact) mass is 392 g/mol. The molecule has 1 aromatic carbocycles. The Hall–Kier alpha value is -2.54. The van der Waals surface area contributed by atoms with Crippen LogP contribution >= 0.6 is 11.6 Å². The Morgan fingerprint density at radius 1 is 1.22 bits per heavy atom. The number of nitrogens with one attached hydrogen (secondary N) is 2. The van der Waals surface area contributed by atoms with E-state index in [0.29, 0.717) is 21.9 Å². The van der Waals surface area contributed by atoms with Crippen molar-refractivity contribution in [1.29, 1.82) is 0 Å². The largest absolute Gasteiger partial charge is 0.450 e. The molecule has 1 aliphatic rings. The number of hydrogen-bond donors (Lipinski definition) is 2. The minimum absolute atomic E-state index is 0.0412. The second-order valence-electron chi connectivity index (χ2n) is 6.76. The second kappa shape index (κ2) is 8.43. The van der Waals surface area contributed by atoms with Crippen LogP contribution in [0, 0.1) is 5.92 Å². The third-order valence-electron chi connectivity index (χ3n) is 4.69. The number of carbonyl (C=O) groups excluding carboxylic acids is 3. The predicted octanol–water partition coefficient (Wildman–Crippen LogP) is 3.65. The number of furan rings is 1. The molecular weight excluding hydrogens is 372 g/mol. The third-order valence-corrected chi connectivity index (χ3v) is 4.93. The van der Waals surface area contributed by atoms with Crippen molar-refractivity contribution in [3.05, 3.63) is 35.0 Å². The molecule has 7 nitrogen and oxygen atoms in total. The van der Waals surface area contributed by atoms with E-state index >= 15 is 0 Å². The second-order valence-corrected chi connectivity index (χ2v) is 7.20. The highest BCUT2D eigenvalue weighted by atomic mass is 35.5. The SMILES string of the molecule is CC1CCCCC1NC(=O)NC(=O)COC(=O)c1cc2cc(Cl)ccc2o1. The third kappa shape index (κ3) is 5.01. The number of carbonyl (C=O) groups is 3. The van der Waals surface area contributed by atoms with Crippen LogP contribution in [0.3, 0.4) is 0 Å². The van der Waals surface area contributed by atoms with Gasteiger partial charge in [-0.2, -0.15) is 0 Å². The average Bonchev–Trinajstić information content (AvgIpc) is 3.04. The Labute approximate surface area is 161 Å². The summed E-state index contributed by atoms with van der Waals surface area (Å²) in [6, 6.07) is 5.89. The van der Waals surface area contributed by atoms with Gasteiger partial charge in [0, 0.05) is 16.5 Å². The topological polar surface area (TPSA) is 97.6 Å². The van der Waals surface area contributed by atoms with Crippen LogP contribution in [0.5, 0.6) is 0 Å². The molecular formula is C19H21ClN2O5. The van der Waals surface area contributed by atoms with Crippen LogP contribution in [0.2, 0.25) is 5.02 Å². The Morgan fingerprint density at radius 3 is 2.78 bits per heavy atom. The fourth-order valence-corrected chi connectivity index (χ4v) is 3.40. The molecule has 2 N–H and O–H groups in total. The molecule has 1 heterocycles. The fraction of sp³-hybridized carbons (Fsp3) is 0.421. The summed E-state index contributed by atoms with van der Waals surface area (Å²) < 4.78 is 10.3. The highest BCUT2D eigenvalue weighted by Gasteiger charge is 2.23. The summed E-state index contributed by atoms with van der Waals surface area (Å²) in [4.78, 5) is 35.8. The molecule has 3 rings (SSSR count). The first kappa shape index (κ1) is 19.2. The van der Waals surface area contributed by atoms with E-state index in [4.69, 9.17) is 20.8 Å². The van der Waals surface area contributed by atoms with E-state index in [-0.39, 0.29) is 11.8 Å². The van der Waals surface area contributed by atoms with Gasteiger partial charge in [0.1, 0.15) is 5.58 Å². The molecule has 0 radical (unpaired) electrons. The molecule has 144 valence electrons. The summed E-state index contributed by atoms with van der Waals surface area (Å²) >= 11 is 5.89. The number of imide groups is 1. The van der Waals surface area contributed by atoms with Gasteiger partial charge in [-0.3, -0.25) is 10.1 Å². The van der Waals surface area contributed by atoms with Gasteiger partial charge in [-0.25, -0.2) is 9.59 Å². The molecule has 1 saturated carbocycles. The van der Waals surface area contributed by atoms with Gasteiger partial charge in [0.05, 0.1) is 0 Å². The van der Waals surface area contributed by atoms with Gasteiger partial charge in [0.2, 0.25) is 5.76 Å². The number of benzene rings is 1. The minimum atomic E-state index is -0.793.